The quantitative estimate of drug-likeness (QED) is 0.915. The Morgan fingerprint density at radius 2 is 1.95 bits per heavy atom. The highest BCUT2D eigenvalue weighted by Crippen LogP contribution is 2.31. The van der Waals surface area contributed by atoms with Crippen LogP contribution in [0.25, 0.3) is 0 Å². The summed E-state index contributed by atoms with van der Waals surface area (Å²) in [5, 5.41) is 0. The van der Waals surface area contributed by atoms with Crippen molar-refractivity contribution in [1.29, 1.82) is 0 Å². The number of ether oxygens (including phenoxy) is 2. The standard InChI is InChI=1S/C14H16N2O3/c1-9-11(16-14(15)19-9)4-2-10-3-5-12-13(8-10)18-7-6-17-12/h3,5,8H,2,4,6-7H2,1H3,(H2,15,16). The summed E-state index contributed by atoms with van der Waals surface area (Å²) in [7, 11) is 0. The second-order valence-corrected chi connectivity index (χ2v) is 4.53. The Bertz CT molecular complexity index is 592. The van der Waals surface area contributed by atoms with Crippen LogP contribution in [-0.4, -0.2) is 18.2 Å². The van der Waals surface area contributed by atoms with Gasteiger partial charge in [-0.1, -0.05) is 6.07 Å². The number of oxazole rings is 1. The molecule has 0 unspecified atom stereocenters. The molecule has 0 fully saturated rings. The van der Waals surface area contributed by atoms with E-state index in [2.05, 4.69) is 4.98 Å². The molecule has 1 aromatic heterocycles. The van der Waals surface area contributed by atoms with Crippen molar-refractivity contribution in [1.82, 2.24) is 4.98 Å². The van der Waals surface area contributed by atoms with Gasteiger partial charge in [-0.2, -0.15) is 4.98 Å². The summed E-state index contributed by atoms with van der Waals surface area (Å²) in [5.41, 5.74) is 7.62. The van der Waals surface area contributed by atoms with Crippen LogP contribution in [0.4, 0.5) is 6.01 Å². The molecule has 2 heterocycles. The molecule has 0 atom stereocenters. The third-order valence-electron chi connectivity index (χ3n) is 3.17. The summed E-state index contributed by atoms with van der Waals surface area (Å²) in [6.07, 6.45) is 1.66. The van der Waals surface area contributed by atoms with Gasteiger partial charge >= 0.3 is 0 Å². The van der Waals surface area contributed by atoms with Gasteiger partial charge in [0.2, 0.25) is 0 Å². The summed E-state index contributed by atoms with van der Waals surface area (Å²) in [6, 6.07) is 6.25. The van der Waals surface area contributed by atoms with E-state index < -0.39 is 0 Å². The van der Waals surface area contributed by atoms with Crippen LogP contribution >= 0.6 is 0 Å². The van der Waals surface area contributed by atoms with E-state index in [1.54, 1.807) is 0 Å². The second-order valence-electron chi connectivity index (χ2n) is 4.53. The number of hydrogen-bond donors (Lipinski definition) is 1. The van der Waals surface area contributed by atoms with Gasteiger partial charge in [0, 0.05) is 0 Å². The van der Waals surface area contributed by atoms with E-state index in [1.165, 1.54) is 5.56 Å². The maximum atomic E-state index is 5.56. The summed E-state index contributed by atoms with van der Waals surface area (Å²) in [6.45, 7) is 3.10. The minimum absolute atomic E-state index is 0.231. The monoisotopic (exact) mass is 260 g/mol. The fraction of sp³-hybridized carbons (Fsp3) is 0.357. The lowest BCUT2D eigenvalue weighted by atomic mass is 10.1. The first-order chi connectivity index (χ1) is 9.22. The molecule has 5 heteroatoms. The molecule has 100 valence electrons. The number of nitrogens with zero attached hydrogens (tertiary/aromatic N) is 1. The van der Waals surface area contributed by atoms with Crippen LogP contribution in [0.15, 0.2) is 22.6 Å². The number of aromatic nitrogens is 1. The molecule has 3 rings (SSSR count). The number of nitrogens with two attached hydrogens (primary N) is 1. The molecular weight excluding hydrogens is 244 g/mol. The summed E-state index contributed by atoms with van der Waals surface area (Å²) in [5.74, 6) is 2.42. The van der Waals surface area contributed by atoms with Gasteiger partial charge in [-0.3, -0.25) is 0 Å². The van der Waals surface area contributed by atoms with Gasteiger partial charge in [-0.15, -0.1) is 0 Å². The highest BCUT2D eigenvalue weighted by molar-refractivity contribution is 5.44. The van der Waals surface area contributed by atoms with Crippen molar-refractivity contribution in [2.75, 3.05) is 18.9 Å². The normalized spacial score (nSPS) is 13.5. The SMILES string of the molecule is Cc1oc(N)nc1CCc1ccc2c(c1)OCCO2. The highest BCUT2D eigenvalue weighted by Gasteiger charge is 2.12. The zero-order valence-electron chi connectivity index (χ0n) is 10.8. The number of rotatable bonds is 3. The summed E-state index contributed by atoms with van der Waals surface area (Å²) < 4.78 is 16.3. The predicted octanol–water partition coefficient (Wildman–Crippen LogP) is 2.12. The molecule has 1 aromatic carbocycles. The number of nitrogen functional groups attached to an aromatic ring is 1. The molecule has 0 saturated carbocycles. The van der Waals surface area contributed by atoms with Crippen molar-refractivity contribution in [2.45, 2.75) is 19.8 Å². The van der Waals surface area contributed by atoms with Crippen molar-refractivity contribution < 1.29 is 13.9 Å². The lowest BCUT2D eigenvalue weighted by Gasteiger charge is -2.18. The Hall–Kier alpha value is -2.17. The van der Waals surface area contributed by atoms with Crippen molar-refractivity contribution in [3.05, 3.63) is 35.2 Å². The van der Waals surface area contributed by atoms with Crippen molar-refractivity contribution in [2.24, 2.45) is 0 Å². The van der Waals surface area contributed by atoms with Crippen LogP contribution in [0.2, 0.25) is 0 Å². The Balaban J connectivity index is 1.71. The number of aryl methyl sites for hydroxylation is 3. The van der Waals surface area contributed by atoms with Crippen LogP contribution in [0.5, 0.6) is 11.5 Å². The van der Waals surface area contributed by atoms with Gasteiger partial charge in [-0.25, -0.2) is 0 Å². The Kier molecular flexibility index (Phi) is 3.03. The van der Waals surface area contributed by atoms with Gasteiger partial charge in [-0.05, 0) is 37.5 Å². The molecule has 2 N–H and O–H groups in total. The minimum Gasteiger partial charge on any atom is -0.486 e. The first kappa shape index (κ1) is 11.9. The largest absolute Gasteiger partial charge is 0.486 e. The van der Waals surface area contributed by atoms with E-state index in [0.29, 0.717) is 13.2 Å². The maximum Gasteiger partial charge on any atom is 0.292 e. The van der Waals surface area contributed by atoms with Crippen LogP contribution in [0.3, 0.4) is 0 Å². The van der Waals surface area contributed by atoms with Gasteiger partial charge in [0.15, 0.2) is 11.5 Å². The van der Waals surface area contributed by atoms with E-state index in [0.717, 1.165) is 35.8 Å². The van der Waals surface area contributed by atoms with Gasteiger partial charge in [0.25, 0.3) is 6.01 Å². The van der Waals surface area contributed by atoms with Crippen LogP contribution < -0.4 is 15.2 Å². The highest BCUT2D eigenvalue weighted by atomic mass is 16.6. The molecule has 0 saturated heterocycles. The van der Waals surface area contributed by atoms with Crippen LogP contribution in [-0.2, 0) is 12.8 Å². The Labute approximate surface area is 111 Å². The van der Waals surface area contributed by atoms with Gasteiger partial charge in [0.1, 0.15) is 19.0 Å². The third kappa shape index (κ3) is 2.50. The fourth-order valence-electron chi connectivity index (χ4n) is 2.19. The molecule has 1 aliphatic heterocycles. The van der Waals surface area contributed by atoms with E-state index in [4.69, 9.17) is 19.6 Å². The average molecular weight is 260 g/mol. The Morgan fingerprint density at radius 3 is 2.68 bits per heavy atom. The topological polar surface area (TPSA) is 70.5 Å². The van der Waals surface area contributed by atoms with Crippen LogP contribution in [0, 0.1) is 6.92 Å². The van der Waals surface area contributed by atoms with E-state index in [-0.39, 0.29) is 6.01 Å². The fourth-order valence-corrected chi connectivity index (χ4v) is 2.19. The predicted molar refractivity (Wildman–Crippen MR) is 70.5 cm³/mol. The number of benzene rings is 1. The van der Waals surface area contributed by atoms with Gasteiger partial charge in [0.05, 0.1) is 5.69 Å². The second kappa shape index (κ2) is 4.84. The molecule has 0 radical (unpaired) electrons. The molecule has 0 aliphatic carbocycles. The number of fused-ring (bicyclic) bond motifs is 1. The maximum absolute atomic E-state index is 5.56. The van der Waals surface area contributed by atoms with E-state index >= 15 is 0 Å². The summed E-state index contributed by atoms with van der Waals surface area (Å²) >= 11 is 0. The first-order valence-corrected chi connectivity index (χ1v) is 6.32. The molecular formula is C14H16N2O3. The van der Waals surface area contributed by atoms with Crippen molar-refractivity contribution in [3.8, 4) is 11.5 Å². The van der Waals surface area contributed by atoms with Gasteiger partial charge < -0.3 is 19.6 Å². The molecule has 0 spiro atoms. The number of anilines is 1. The van der Waals surface area contributed by atoms with Crippen molar-refractivity contribution >= 4 is 6.01 Å². The molecule has 0 bridgehead atoms. The Morgan fingerprint density at radius 1 is 1.16 bits per heavy atom. The first-order valence-electron chi connectivity index (χ1n) is 6.32. The minimum atomic E-state index is 0.231. The zero-order chi connectivity index (χ0) is 13.2. The number of hydrogen-bond acceptors (Lipinski definition) is 5. The molecule has 5 nitrogen and oxygen atoms in total. The zero-order valence-corrected chi connectivity index (χ0v) is 10.8. The summed E-state index contributed by atoms with van der Waals surface area (Å²) in [4.78, 5) is 4.17. The lowest BCUT2D eigenvalue weighted by Crippen LogP contribution is -2.15. The molecule has 2 aromatic rings. The average Bonchev–Trinajstić information content (AvgIpc) is 2.74. The van der Waals surface area contributed by atoms with Crippen molar-refractivity contribution in [3.63, 3.8) is 0 Å². The smallest absolute Gasteiger partial charge is 0.292 e. The third-order valence-corrected chi connectivity index (χ3v) is 3.17. The molecule has 19 heavy (non-hydrogen) atoms. The molecule has 0 amide bonds. The van der Waals surface area contributed by atoms with E-state index in [9.17, 15) is 0 Å². The molecule has 1 aliphatic rings. The van der Waals surface area contributed by atoms with E-state index in [1.807, 2.05) is 25.1 Å². The lowest BCUT2D eigenvalue weighted by molar-refractivity contribution is 0.171. The van der Waals surface area contributed by atoms with Crippen LogP contribution in [0.1, 0.15) is 17.0 Å².